The molecule has 3 aromatic heterocycles. The number of rotatable bonds is 8. The molecule has 0 aliphatic carbocycles. The van der Waals surface area contributed by atoms with Crippen LogP contribution in [0.2, 0.25) is 0 Å². The number of amides is 1. The molecule has 3 heterocycles. The lowest BCUT2D eigenvalue weighted by atomic mass is 10.1. The molecule has 0 saturated heterocycles. The van der Waals surface area contributed by atoms with Crippen molar-refractivity contribution in [3.05, 3.63) is 60.2 Å². The maximum atomic E-state index is 12.3. The molecular weight excluding hydrogens is 414 g/mol. The predicted octanol–water partition coefficient (Wildman–Crippen LogP) is 3.13. The van der Waals surface area contributed by atoms with Crippen LogP contribution in [0.1, 0.15) is 18.4 Å². The average Bonchev–Trinajstić information content (AvgIpc) is 3.44. The van der Waals surface area contributed by atoms with Gasteiger partial charge < -0.3 is 14.4 Å². The Morgan fingerprint density at radius 1 is 1.16 bits per heavy atom. The van der Waals surface area contributed by atoms with E-state index in [1.165, 1.54) is 11.8 Å². The van der Waals surface area contributed by atoms with Crippen molar-refractivity contribution < 1.29 is 9.32 Å². The second-order valence-corrected chi connectivity index (χ2v) is 7.68. The molecule has 10 heteroatoms. The van der Waals surface area contributed by atoms with Crippen molar-refractivity contribution in [2.45, 2.75) is 32.1 Å². The summed E-state index contributed by atoms with van der Waals surface area (Å²) >= 11 is 1.34. The zero-order valence-corrected chi connectivity index (χ0v) is 18.0. The van der Waals surface area contributed by atoms with Gasteiger partial charge in [0.2, 0.25) is 17.6 Å². The number of hydrogen-bond acceptors (Lipinski definition) is 8. The van der Waals surface area contributed by atoms with Gasteiger partial charge in [0.15, 0.2) is 11.0 Å². The van der Waals surface area contributed by atoms with E-state index in [0.717, 1.165) is 22.5 Å². The maximum absolute atomic E-state index is 12.3. The summed E-state index contributed by atoms with van der Waals surface area (Å²) in [6.45, 7) is 4.94. The standard InChI is InChI=1S/C21H21N7O2S/c1-3-28-20(16-6-4-5-14(2)11-16)25-26-21(28)31-13-17(29)23-12-18-24-19(27-30-18)15-7-9-22-10-8-15/h4-11H,3,12-13H2,1-2H3,(H,23,29). The molecule has 4 rings (SSSR count). The van der Waals surface area contributed by atoms with Crippen LogP contribution in [0, 0.1) is 6.92 Å². The highest BCUT2D eigenvalue weighted by Gasteiger charge is 2.15. The second-order valence-electron chi connectivity index (χ2n) is 6.73. The van der Waals surface area contributed by atoms with Gasteiger partial charge in [0.25, 0.3) is 0 Å². The number of benzene rings is 1. The Morgan fingerprint density at radius 2 is 2.00 bits per heavy atom. The van der Waals surface area contributed by atoms with Crippen molar-refractivity contribution in [1.82, 2.24) is 35.2 Å². The molecule has 0 bridgehead atoms. The van der Waals surface area contributed by atoms with Crippen LogP contribution in [0.3, 0.4) is 0 Å². The lowest BCUT2D eigenvalue weighted by Gasteiger charge is -2.08. The van der Waals surface area contributed by atoms with E-state index in [4.69, 9.17) is 4.52 Å². The van der Waals surface area contributed by atoms with Crippen molar-refractivity contribution in [3.63, 3.8) is 0 Å². The molecule has 0 saturated carbocycles. The molecule has 0 fully saturated rings. The van der Waals surface area contributed by atoms with Crippen LogP contribution < -0.4 is 5.32 Å². The van der Waals surface area contributed by atoms with E-state index in [0.29, 0.717) is 23.4 Å². The van der Waals surface area contributed by atoms with Gasteiger partial charge in [-0.3, -0.25) is 9.78 Å². The summed E-state index contributed by atoms with van der Waals surface area (Å²) < 4.78 is 7.21. The number of pyridine rings is 1. The Bertz CT molecular complexity index is 1170. The Hall–Kier alpha value is -3.53. The van der Waals surface area contributed by atoms with Gasteiger partial charge in [-0.1, -0.05) is 40.7 Å². The van der Waals surface area contributed by atoms with Gasteiger partial charge in [-0.05, 0) is 32.0 Å². The van der Waals surface area contributed by atoms with Crippen LogP contribution in [-0.2, 0) is 17.9 Å². The minimum atomic E-state index is -0.156. The van der Waals surface area contributed by atoms with E-state index in [-0.39, 0.29) is 18.2 Å². The summed E-state index contributed by atoms with van der Waals surface area (Å²) in [5, 5.41) is 16.0. The molecule has 1 amide bonds. The lowest BCUT2D eigenvalue weighted by molar-refractivity contribution is -0.118. The zero-order chi connectivity index (χ0) is 21.6. The molecule has 158 valence electrons. The summed E-state index contributed by atoms with van der Waals surface area (Å²) in [6, 6.07) is 11.7. The number of hydrogen-bond donors (Lipinski definition) is 1. The Kier molecular flexibility index (Phi) is 6.37. The van der Waals surface area contributed by atoms with Crippen LogP contribution in [0.25, 0.3) is 22.8 Å². The number of thioether (sulfide) groups is 1. The van der Waals surface area contributed by atoms with Gasteiger partial charge in [-0.2, -0.15) is 4.98 Å². The predicted molar refractivity (Wildman–Crippen MR) is 116 cm³/mol. The minimum absolute atomic E-state index is 0.156. The number of aromatic nitrogens is 6. The molecule has 0 aliphatic heterocycles. The SMILES string of the molecule is CCn1c(SCC(=O)NCc2nc(-c3ccncc3)no2)nnc1-c1cccc(C)c1. The van der Waals surface area contributed by atoms with Gasteiger partial charge >= 0.3 is 0 Å². The monoisotopic (exact) mass is 435 g/mol. The van der Waals surface area contributed by atoms with Crippen molar-refractivity contribution >= 4 is 17.7 Å². The second kappa shape index (κ2) is 9.52. The summed E-state index contributed by atoms with van der Waals surface area (Å²) in [7, 11) is 0. The van der Waals surface area contributed by atoms with Crippen LogP contribution in [0.15, 0.2) is 58.5 Å². The molecule has 4 aromatic rings. The molecular formula is C21H21N7O2S. The number of aryl methyl sites for hydroxylation is 1. The third kappa shape index (κ3) is 4.97. The summed E-state index contributed by atoms with van der Waals surface area (Å²) in [5.41, 5.74) is 2.96. The van der Waals surface area contributed by atoms with E-state index in [2.05, 4.69) is 36.7 Å². The molecule has 1 aromatic carbocycles. The highest BCUT2D eigenvalue weighted by atomic mass is 32.2. The van der Waals surface area contributed by atoms with Crippen LogP contribution in [0.5, 0.6) is 0 Å². The van der Waals surface area contributed by atoms with Gasteiger partial charge in [-0.25, -0.2) is 0 Å². The lowest BCUT2D eigenvalue weighted by Crippen LogP contribution is -2.24. The smallest absolute Gasteiger partial charge is 0.246 e. The fourth-order valence-electron chi connectivity index (χ4n) is 2.98. The third-order valence-corrected chi connectivity index (χ3v) is 5.45. The van der Waals surface area contributed by atoms with Crippen molar-refractivity contribution in [2.75, 3.05) is 5.75 Å². The average molecular weight is 436 g/mol. The molecule has 0 atom stereocenters. The molecule has 31 heavy (non-hydrogen) atoms. The van der Waals surface area contributed by atoms with Crippen LogP contribution >= 0.6 is 11.8 Å². The first-order valence-corrected chi connectivity index (χ1v) is 10.8. The first-order chi connectivity index (χ1) is 15.1. The van der Waals surface area contributed by atoms with Gasteiger partial charge in [0.05, 0.1) is 12.3 Å². The van der Waals surface area contributed by atoms with Gasteiger partial charge in [-0.15, -0.1) is 10.2 Å². The summed E-state index contributed by atoms with van der Waals surface area (Å²) in [5.74, 6) is 1.64. The number of carbonyl (C=O) groups excluding carboxylic acids is 1. The molecule has 0 aliphatic rings. The van der Waals surface area contributed by atoms with E-state index >= 15 is 0 Å². The third-order valence-electron chi connectivity index (χ3n) is 4.49. The number of carbonyl (C=O) groups is 1. The van der Waals surface area contributed by atoms with Crippen molar-refractivity contribution in [1.29, 1.82) is 0 Å². The minimum Gasteiger partial charge on any atom is -0.346 e. The van der Waals surface area contributed by atoms with Gasteiger partial charge in [0.1, 0.15) is 0 Å². The van der Waals surface area contributed by atoms with E-state index < -0.39 is 0 Å². The normalized spacial score (nSPS) is 10.9. The van der Waals surface area contributed by atoms with Crippen molar-refractivity contribution in [3.8, 4) is 22.8 Å². The highest BCUT2D eigenvalue weighted by Crippen LogP contribution is 2.24. The molecule has 1 N–H and O–H groups in total. The fourth-order valence-corrected chi connectivity index (χ4v) is 3.81. The highest BCUT2D eigenvalue weighted by molar-refractivity contribution is 7.99. The van der Waals surface area contributed by atoms with E-state index in [9.17, 15) is 4.79 Å². The Labute approximate surface area is 183 Å². The summed E-state index contributed by atoms with van der Waals surface area (Å²) in [6.07, 6.45) is 3.31. The molecule has 0 unspecified atom stereocenters. The fraction of sp³-hybridized carbons (Fsp3) is 0.238. The first-order valence-electron chi connectivity index (χ1n) is 9.76. The quantitative estimate of drug-likeness (QED) is 0.420. The molecule has 9 nitrogen and oxygen atoms in total. The largest absolute Gasteiger partial charge is 0.346 e. The molecule has 0 spiro atoms. The Balaban J connectivity index is 1.34. The zero-order valence-electron chi connectivity index (χ0n) is 17.1. The van der Waals surface area contributed by atoms with Gasteiger partial charge in [0, 0.05) is 30.1 Å². The number of nitrogens with zero attached hydrogens (tertiary/aromatic N) is 6. The van der Waals surface area contributed by atoms with E-state index in [1.54, 1.807) is 24.5 Å². The molecule has 0 radical (unpaired) electrons. The van der Waals surface area contributed by atoms with Crippen molar-refractivity contribution in [2.24, 2.45) is 0 Å². The first kappa shape index (κ1) is 20.7. The van der Waals surface area contributed by atoms with E-state index in [1.807, 2.05) is 36.6 Å². The van der Waals surface area contributed by atoms with Crippen LogP contribution in [-0.4, -0.2) is 41.5 Å². The number of nitrogens with one attached hydrogen (secondary N) is 1. The Morgan fingerprint density at radius 3 is 2.77 bits per heavy atom. The maximum Gasteiger partial charge on any atom is 0.246 e. The topological polar surface area (TPSA) is 112 Å². The summed E-state index contributed by atoms with van der Waals surface area (Å²) in [4.78, 5) is 20.5. The van der Waals surface area contributed by atoms with Crippen LogP contribution in [0.4, 0.5) is 0 Å².